The van der Waals surface area contributed by atoms with Crippen LogP contribution in [0.5, 0.6) is 5.75 Å². The molecule has 7 heteroatoms. The molecule has 4 aromatic rings. The third-order valence-corrected chi connectivity index (χ3v) is 9.56. The number of phenolic OH excluding ortho intramolecular Hbond substituents is 1. The Balaban J connectivity index is 1.41. The maximum absolute atomic E-state index is 12.9. The van der Waals surface area contributed by atoms with Gasteiger partial charge >= 0.3 is 5.97 Å². The Bertz CT molecular complexity index is 1590. The Morgan fingerprint density at radius 2 is 2.05 bits per heavy atom. The summed E-state index contributed by atoms with van der Waals surface area (Å²) >= 11 is 3.77. The van der Waals surface area contributed by atoms with E-state index in [9.17, 15) is 9.90 Å². The molecular formula is C30H30BrN3O3. The molecule has 2 aliphatic rings. The van der Waals surface area contributed by atoms with Gasteiger partial charge in [-0.05, 0) is 88.5 Å². The van der Waals surface area contributed by atoms with Crippen LogP contribution in [-0.2, 0) is 21.4 Å². The number of carbonyl (C=O) groups is 1. The minimum absolute atomic E-state index is 0.0953. The number of imidazole rings is 1. The van der Waals surface area contributed by atoms with Crippen molar-refractivity contribution in [3.8, 4) is 5.75 Å². The Morgan fingerprint density at radius 3 is 2.86 bits per heavy atom. The van der Waals surface area contributed by atoms with E-state index in [-0.39, 0.29) is 23.1 Å². The van der Waals surface area contributed by atoms with Crippen LogP contribution < -0.4 is 0 Å². The Labute approximate surface area is 224 Å². The number of ether oxygens (including phenoxy) is 1. The van der Waals surface area contributed by atoms with Crippen LogP contribution in [0.25, 0.3) is 21.8 Å². The number of nitrogens with one attached hydrogen (secondary N) is 1. The molecule has 0 unspecified atom stereocenters. The fourth-order valence-corrected chi connectivity index (χ4v) is 7.62. The number of methoxy groups -OCH3 is 1. The predicted molar refractivity (Wildman–Crippen MR) is 150 cm³/mol. The number of esters is 1. The van der Waals surface area contributed by atoms with E-state index in [1.165, 1.54) is 18.2 Å². The minimum Gasteiger partial charge on any atom is -0.507 e. The van der Waals surface area contributed by atoms with Crippen molar-refractivity contribution >= 4 is 55.9 Å². The fourth-order valence-electron chi connectivity index (χ4n) is 7.11. The Kier molecular flexibility index (Phi) is 5.68. The molecule has 6 nitrogen and oxygen atoms in total. The summed E-state index contributed by atoms with van der Waals surface area (Å²) in [7, 11) is 1.50. The number of aromatic hydroxyl groups is 1. The van der Waals surface area contributed by atoms with E-state index in [2.05, 4.69) is 45.8 Å². The van der Waals surface area contributed by atoms with Crippen LogP contribution in [0.2, 0.25) is 0 Å². The molecule has 0 aliphatic heterocycles. The first kappa shape index (κ1) is 24.2. The van der Waals surface area contributed by atoms with Crippen molar-refractivity contribution < 1.29 is 14.6 Å². The van der Waals surface area contributed by atoms with Gasteiger partial charge in [0.1, 0.15) is 11.3 Å². The number of aliphatic imine (C=N–C) groups is 1. The number of hydrogen-bond donors (Lipinski definition) is 2. The molecule has 1 heterocycles. The number of H-pyrrole nitrogens is 1. The summed E-state index contributed by atoms with van der Waals surface area (Å²) in [5, 5.41) is 12.5. The number of hydrogen-bond acceptors (Lipinski definition) is 5. The number of aryl methyl sites for hydroxylation is 1. The van der Waals surface area contributed by atoms with Crippen molar-refractivity contribution in [3.05, 3.63) is 63.6 Å². The van der Waals surface area contributed by atoms with Gasteiger partial charge < -0.3 is 14.8 Å². The van der Waals surface area contributed by atoms with Gasteiger partial charge in [0.15, 0.2) is 0 Å². The second-order valence-electron chi connectivity index (χ2n) is 10.9. The molecule has 1 aromatic heterocycles. The highest BCUT2D eigenvalue weighted by molar-refractivity contribution is 9.10. The average molecular weight is 560 g/mol. The summed E-state index contributed by atoms with van der Waals surface area (Å²) in [5.41, 5.74) is 4.41. The van der Waals surface area contributed by atoms with Crippen LogP contribution in [0, 0.1) is 11.3 Å². The standard InChI is InChI=1S/C30H30BrN3O3/c1-29-13-6-14-30(2,27(36)37-3)23(29)12-11-20-21(29)15-22(31)25-24(20)33-28(34-25)32-16-18-10-9-17-7-4-5-8-19(17)26(18)35/h4-5,7-10,15-16,23,35H,6,11-14H2,1-3H3,(H,33,34)/b32-16+/t23-,29-,30-/m1/s1. The summed E-state index contributed by atoms with van der Waals surface area (Å²) in [6.45, 7) is 4.40. The first-order chi connectivity index (χ1) is 17.8. The third-order valence-electron chi connectivity index (χ3n) is 8.95. The second-order valence-corrected chi connectivity index (χ2v) is 11.8. The van der Waals surface area contributed by atoms with E-state index >= 15 is 0 Å². The zero-order chi connectivity index (χ0) is 25.9. The average Bonchev–Trinajstić information content (AvgIpc) is 3.33. The molecule has 1 saturated carbocycles. The van der Waals surface area contributed by atoms with Gasteiger partial charge in [-0.25, -0.2) is 9.98 Å². The van der Waals surface area contributed by atoms with Crippen LogP contribution in [-0.4, -0.2) is 34.4 Å². The zero-order valence-corrected chi connectivity index (χ0v) is 22.9. The lowest BCUT2D eigenvalue weighted by atomic mass is 9.50. The molecule has 1 fully saturated rings. The lowest BCUT2D eigenvalue weighted by molar-refractivity contribution is -0.161. The van der Waals surface area contributed by atoms with Crippen LogP contribution in [0.1, 0.15) is 56.2 Å². The number of benzene rings is 3. The van der Waals surface area contributed by atoms with Crippen molar-refractivity contribution in [2.45, 2.75) is 51.4 Å². The normalized spacial score (nSPS) is 25.4. The van der Waals surface area contributed by atoms with Crippen molar-refractivity contribution in [3.63, 3.8) is 0 Å². The number of nitrogens with zero attached hydrogens (tertiary/aromatic N) is 2. The maximum atomic E-state index is 12.9. The van der Waals surface area contributed by atoms with Crippen molar-refractivity contribution in [2.75, 3.05) is 7.11 Å². The van der Waals surface area contributed by atoms with E-state index in [1.807, 2.05) is 36.4 Å². The first-order valence-electron chi connectivity index (χ1n) is 12.8. The largest absolute Gasteiger partial charge is 0.507 e. The molecule has 2 aliphatic carbocycles. The highest BCUT2D eigenvalue weighted by Crippen LogP contribution is 2.58. The van der Waals surface area contributed by atoms with Crippen LogP contribution in [0.3, 0.4) is 0 Å². The van der Waals surface area contributed by atoms with Crippen molar-refractivity contribution in [2.24, 2.45) is 16.3 Å². The van der Waals surface area contributed by atoms with E-state index in [0.29, 0.717) is 11.5 Å². The SMILES string of the molecule is COC(=O)[C@]1(C)CCC[C@]2(C)c3cc(Br)c4nc(/N=C/c5ccc6ccccc6c5O)[nH]c4c3CC[C@@H]12. The second kappa shape index (κ2) is 8.69. The molecule has 190 valence electrons. The smallest absolute Gasteiger partial charge is 0.311 e. The van der Waals surface area contributed by atoms with Gasteiger partial charge in [0.25, 0.3) is 0 Å². The van der Waals surface area contributed by atoms with Gasteiger partial charge in [-0.2, -0.15) is 0 Å². The van der Waals surface area contributed by atoms with Gasteiger partial charge in [-0.3, -0.25) is 4.79 Å². The summed E-state index contributed by atoms with van der Waals surface area (Å²) in [6, 6.07) is 13.8. The van der Waals surface area contributed by atoms with E-state index in [4.69, 9.17) is 9.72 Å². The summed E-state index contributed by atoms with van der Waals surface area (Å²) in [6.07, 6.45) is 6.33. The molecule has 0 radical (unpaired) electrons. The highest BCUT2D eigenvalue weighted by Gasteiger charge is 2.56. The lowest BCUT2D eigenvalue weighted by Crippen LogP contribution is -2.52. The molecule has 0 spiro atoms. The number of aromatic amines is 1. The summed E-state index contributed by atoms with van der Waals surface area (Å²) < 4.78 is 6.19. The predicted octanol–water partition coefficient (Wildman–Crippen LogP) is 7.12. The molecule has 0 saturated heterocycles. The number of phenols is 1. The monoisotopic (exact) mass is 559 g/mol. The topological polar surface area (TPSA) is 87.6 Å². The van der Waals surface area contributed by atoms with Crippen molar-refractivity contribution in [1.82, 2.24) is 9.97 Å². The van der Waals surface area contributed by atoms with Crippen molar-refractivity contribution in [1.29, 1.82) is 0 Å². The van der Waals surface area contributed by atoms with Gasteiger partial charge in [-0.15, -0.1) is 0 Å². The molecule has 2 N–H and O–H groups in total. The molecule has 0 bridgehead atoms. The van der Waals surface area contributed by atoms with E-state index < -0.39 is 5.41 Å². The molecule has 3 atom stereocenters. The van der Waals surface area contributed by atoms with E-state index in [0.717, 1.165) is 58.4 Å². The van der Waals surface area contributed by atoms with Gasteiger partial charge in [-0.1, -0.05) is 43.7 Å². The van der Waals surface area contributed by atoms with Gasteiger partial charge in [0.05, 0.1) is 18.0 Å². The summed E-state index contributed by atoms with van der Waals surface area (Å²) in [4.78, 5) is 25.7. The molecule has 6 rings (SSSR count). The minimum atomic E-state index is -0.480. The zero-order valence-electron chi connectivity index (χ0n) is 21.3. The maximum Gasteiger partial charge on any atom is 0.311 e. The quantitative estimate of drug-likeness (QED) is 0.206. The van der Waals surface area contributed by atoms with Crippen LogP contribution in [0.15, 0.2) is 51.9 Å². The number of carbonyl (C=O) groups excluding carboxylic acids is 1. The van der Waals surface area contributed by atoms with Gasteiger partial charge in [0, 0.05) is 21.6 Å². The molecule has 37 heavy (non-hydrogen) atoms. The van der Waals surface area contributed by atoms with Crippen LogP contribution >= 0.6 is 15.9 Å². The number of fused-ring (bicyclic) bond motifs is 6. The summed E-state index contributed by atoms with van der Waals surface area (Å²) in [5.74, 6) is 0.824. The van der Waals surface area contributed by atoms with Crippen LogP contribution in [0.4, 0.5) is 5.95 Å². The Hall–Kier alpha value is -3.19. The number of rotatable bonds is 3. The number of halogens is 1. The van der Waals surface area contributed by atoms with Gasteiger partial charge in [0.2, 0.25) is 5.95 Å². The molecular weight excluding hydrogens is 530 g/mol. The number of aromatic nitrogens is 2. The highest BCUT2D eigenvalue weighted by atomic mass is 79.9. The van der Waals surface area contributed by atoms with E-state index in [1.54, 1.807) is 6.21 Å². The lowest BCUT2D eigenvalue weighted by Gasteiger charge is -2.54. The third kappa shape index (κ3) is 3.62. The first-order valence-corrected chi connectivity index (χ1v) is 13.6. The molecule has 0 amide bonds. The fraction of sp³-hybridized carbons (Fsp3) is 0.367. The Morgan fingerprint density at radius 1 is 1.24 bits per heavy atom. The molecule has 3 aromatic carbocycles.